The van der Waals surface area contributed by atoms with Crippen LogP contribution in [-0.2, 0) is 11.3 Å². The van der Waals surface area contributed by atoms with E-state index in [1.165, 1.54) is 11.9 Å². The van der Waals surface area contributed by atoms with Crippen molar-refractivity contribution >= 4 is 5.95 Å². The van der Waals surface area contributed by atoms with Crippen LogP contribution in [-0.4, -0.2) is 64.7 Å². The minimum atomic E-state index is -0.171. The van der Waals surface area contributed by atoms with Crippen LogP contribution < -0.4 is 9.64 Å². The van der Waals surface area contributed by atoms with Gasteiger partial charge in [0.05, 0.1) is 18.4 Å². The minimum absolute atomic E-state index is 0.155. The average Bonchev–Trinajstić information content (AvgIpc) is 2.79. The Balaban J connectivity index is 1.57. The first-order valence-electron chi connectivity index (χ1n) is 10.9. The van der Waals surface area contributed by atoms with Crippen molar-refractivity contribution in [1.29, 1.82) is 0 Å². The van der Waals surface area contributed by atoms with Gasteiger partial charge in [-0.25, -0.2) is 19.9 Å². The van der Waals surface area contributed by atoms with Gasteiger partial charge in [0, 0.05) is 63.4 Å². The highest BCUT2D eigenvalue weighted by Crippen LogP contribution is 2.31. The second-order valence-corrected chi connectivity index (χ2v) is 8.40. The average molecular weight is 435 g/mol. The first-order chi connectivity index (χ1) is 15.5. The van der Waals surface area contributed by atoms with E-state index in [-0.39, 0.29) is 12.2 Å². The number of hydrogen-bond donors (Lipinski definition) is 0. The van der Waals surface area contributed by atoms with Crippen LogP contribution in [0.25, 0.3) is 11.1 Å². The third-order valence-electron chi connectivity index (χ3n) is 5.21. The zero-order valence-corrected chi connectivity index (χ0v) is 19.1. The number of nitrogens with zero attached hydrogens (tertiary/aromatic N) is 6. The molecular formula is C24H30N6O2. The van der Waals surface area contributed by atoms with Crippen molar-refractivity contribution in [3.05, 3.63) is 60.4 Å². The van der Waals surface area contributed by atoms with Crippen molar-refractivity contribution in [2.24, 2.45) is 0 Å². The molecule has 3 heterocycles. The number of aromatic nitrogens is 4. The maximum Gasteiger partial charge on any atom is 0.225 e. The fourth-order valence-corrected chi connectivity index (χ4v) is 3.77. The molecule has 3 aromatic rings. The van der Waals surface area contributed by atoms with E-state index in [1.807, 2.05) is 51.2 Å². The van der Waals surface area contributed by atoms with Gasteiger partial charge in [-0.1, -0.05) is 12.1 Å². The van der Waals surface area contributed by atoms with Crippen LogP contribution in [0.1, 0.15) is 31.2 Å². The second-order valence-electron chi connectivity index (χ2n) is 8.40. The van der Waals surface area contributed by atoms with Crippen LogP contribution in [0.3, 0.4) is 0 Å². The predicted octanol–water partition coefficient (Wildman–Crippen LogP) is 3.36. The fourth-order valence-electron chi connectivity index (χ4n) is 3.77. The summed E-state index contributed by atoms with van der Waals surface area (Å²) >= 11 is 0. The van der Waals surface area contributed by atoms with E-state index >= 15 is 0 Å². The molecule has 8 heteroatoms. The van der Waals surface area contributed by atoms with Crippen LogP contribution in [0.4, 0.5) is 5.95 Å². The van der Waals surface area contributed by atoms with E-state index in [2.05, 4.69) is 32.0 Å². The highest BCUT2D eigenvalue weighted by atomic mass is 16.5. The molecule has 32 heavy (non-hydrogen) atoms. The molecule has 0 saturated carbocycles. The molecule has 0 amide bonds. The Morgan fingerprint density at radius 2 is 2.00 bits per heavy atom. The first kappa shape index (κ1) is 22.1. The standard InChI is InChI=1S/C24H30N6O2/c1-17(2)32-20-7-5-6-18(10-20)14-30-8-9-31-22(15-30)23-21(19-11-25-16-26-12-19)13-27-24(28-23)29(3)4/h5-7,10-13,16-17,22H,8-9,14-15H2,1-4H3/t22-/m0/s1. The molecule has 0 spiro atoms. The molecule has 0 unspecified atom stereocenters. The van der Waals surface area contributed by atoms with Gasteiger partial charge in [0.2, 0.25) is 5.95 Å². The van der Waals surface area contributed by atoms with Gasteiger partial charge in [-0.3, -0.25) is 4.90 Å². The molecular weight excluding hydrogens is 404 g/mol. The SMILES string of the molecule is CC(C)Oc1cccc(CN2CCO[C@H](c3nc(N(C)C)ncc3-c3cncnc3)C2)c1. The van der Waals surface area contributed by atoms with Gasteiger partial charge in [0.1, 0.15) is 18.2 Å². The van der Waals surface area contributed by atoms with Gasteiger partial charge in [-0.15, -0.1) is 0 Å². The normalized spacial score (nSPS) is 16.8. The van der Waals surface area contributed by atoms with Gasteiger partial charge < -0.3 is 14.4 Å². The number of rotatable bonds is 7. The molecule has 1 aliphatic heterocycles. The fraction of sp³-hybridized carbons (Fsp3) is 0.417. The Kier molecular flexibility index (Phi) is 6.92. The Bertz CT molecular complexity index is 1030. The van der Waals surface area contributed by atoms with Gasteiger partial charge in [0.25, 0.3) is 0 Å². The third-order valence-corrected chi connectivity index (χ3v) is 5.21. The molecule has 1 aliphatic rings. The van der Waals surface area contributed by atoms with E-state index < -0.39 is 0 Å². The lowest BCUT2D eigenvalue weighted by molar-refractivity contribution is -0.0347. The number of anilines is 1. The van der Waals surface area contributed by atoms with E-state index in [9.17, 15) is 0 Å². The van der Waals surface area contributed by atoms with Gasteiger partial charge in [0.15, 0.2) is 0 Å². The summed E-state index contributed by atoms with van der Waals surface area (Å²) in [6, 6.07) is 8.31. The maximum atomic E-state index is 6.19. The van der Waals surface area contributed by atoms with Gasteiger partial charge in [-0.2, -0.15) is 0 Å². The summed E-state index contributed by atoms with van der Waals surface area (Å²) in [6.07, 6.45) is 6.91. The molecule has 1 fully saturated rings. The van der Waals surface area contributed by atoms with Crippen molar-refractivity contribution in [3.8, 4) is 16.9 Å². The Morgan fingerprint density at radius 1 is 1.19 bits per heavy atom. The summed E-state index contributed by atoms with van der Waals surface area (Å²) in [7, 11) is 3.87. The van der Waals surface area contributed by atoms with Gasteiger partial charge in [-0.05, 0) is 31.5 Å². The Hall–Kier alpha value is -3.10. The van der Waals surface area contributed by atoms with Crippen LogP contribution >= 0.6 is 0 Å². The zero-order chi connectivity index (χ0) is 22.5. The van der Waals surface area contributed by atoms with Crippen molar-refractivity contribution < 1.29 is 9.47 Å². The van der Waals surface area contributed by atoms with Crippen LogP contribution in [0.5, 0.6) is 5.75 Å². The summed E-state index contributed by atoms with van der Waals surface area (Å²) in [5.41, 5.74) is 3.86. The van der Waals surface area contributed by atoms with Crippen LogP contribution in [0.15, 0.2) is 49.2 Å². The lowest BCUT2D eigenvalue weighted by Crippen LogP contribution is -2.38. The summed E-state index contributed by atoms with van der Waals surface area (Å²) in [4.78, 5) is 22.0. The van der Waals surface area contributed by atoms with Crippen molar-refractivity contribution in [2.45, 2.75) is 32.6 Å². The number of hydrogen-bond acceptors (Lipinski definition) is 8. The smallest absolute Gasteiger partial charge is 0.225 e. The number of morpholine rings is 1. The molecule has 0 N–H and O–H groups in total. The van der Waals surface area contributed by atoms with E-state index in [1.54, 1.807) is 12.4 Å². The quantitative estimate of drug-likeness (QED) is 0.560. The van der Waals surface area contributed by atoms with E-state index in [4.69, 9.17) is 14.5 Å². The van der Waals surface area contributed by atoms with Crippen LogP contribution in [0, 0.1) is 0 Å². The topological polar surface area (TPSA) is 76.5 Å². The molecule has 1 aromatic carbocycles. The first-order valence-corrected chi connectivity index (χ1v) is 10.9. The number of ether oxygens (including phenoxy) is 2. The summed E-state index contributed by atoms with van der Waals surface area (Å²) < 4.78 is 12.0. The van der Waals surface area contributed by atoms with Crippen molar-refractivity contribution in [3.63, 3.8) is 0 Å². The largest absolute Gasteiger partial charge is 0.491 e. The lowest BCUT2D eigenvalue weighted by atomic mass is 10.0. The molecule has 0 bridgehead atoms. The molecule has 168 valence electrons. The van der Waals surface area contributed by atoms with Crippen molar-refractivity contribution in [2.75, 3.05) is 38.7 Å². The summed E-state index contributed by atoms with van der Waals surface area (Å²) in [5, 5.41) is 0. The number of benzene rings is 1. The second kappa shape index (κ2) is 10.0. The summed E-state index contributed by atoms with van der Waals surface area (Å²) in [5.74, 6) is 1.56. The highest BCUT2D eigenvalue weighted by Gasteiger charge is 2.27. The maximum absolute atomic E-state index is 6.19. The molecule has 1 saturated heterocycles. The Morgan fingerprint density at radius 3 is 2.75 bits per heavy atom. The zero-order valence-electron chi connectivity index (χ0n) is 19.1. The van der Waals surface area contributed by atoms with Crippen molar-refractivity contribution in [1.82, 2.24) is 24.8 Å². The monoisotopic (exact) mass is 434 g/mol. The molecule has 0 radical (unpaired) electrons. The van der Waals surface area contributed by atoms with E-state index in [0.717, 1.165) is 42.2 Å². The summed E-state index contributed by atoms with van der Waals surface area (Å²) in [6.45, 7) is 7.14. The third kappa shape index (κ3) is 5.38. The Labute approximate surface area is 189 Å². The lowest BCUT2D eigenvalue weighted by Gasteiger charge is -2.33. The predicted molar refractivity (Wildman–Crippen MR) is 124 cm³/mol. The highest BCUT2D eigenvalue weighted by molar-refractivity contribution is 5.64. The molecule has 0 aliphatic carbocycles. The molecule has 2 aromatic heterocycles. The van der Waals surface area contributed by atoms with E-state index in [0.29, 0.717) is 12.6 Å². The van der Waals surface area contributed by atoms with Gasteiger partial charge >= 0.3 is 0 Å². The molecule has 4 rings (SSSR count). The molecule has 8 nitrogen and oxygen atoms in total. The molecule has 1 atom stereocenters. The van der Waals surface area contributed by atoms with Crippen LogP contribution in [0.2, 0.25) is 0 Å². The minimum Gasteiger partial charge on any atom is -0.491 e.